The molecule has 0 radical (unpaired) electrons. The maximum Gasteiger partial charge on any atom is 0.251 e. The van der Waals surface area contributed by atoms with Gasteiger partial charge in [-0.05, 0) is 83.1 Å². The summed E-state index contributed by atoms with van der Waals surface area (Å²) in [5.74, 6) is -0.103. The lowest BCUT2D eigenvalue weighted by Crippen LogP contribution is -2.23. The summed E-state index contributed by atoms with van der Waals surface area (Å²) in [5, 5.41) is 6.23. The molecule has 2 N–H and O–H groups in total. The van der Waals surface area contributed by atoms with Crippen LogP contribution < -0.4 is 10.6 Å². The highest BCUT2D eigenvalue weighted by Gasteiger charge is 2.12. The Morgan fingerprint density at radius 1 is 0.818 bits per heavy atom. The molecule has 33 heavy (non-hydrogen) atoms. The summed E-state index contributed by atoms with van der Waals surface area (Å²) in [7, 11) is 1.91. The standard InChI is InChI=1S/C29H29N3O/c1-4-21-10-12-23(13-11-21)25-14-26(24-6-5-7-28(17-24)30-3)16-27(15-25)29(33)32-19-22-9-8-20(2)31-18-22/h5-18,30H,4,19H2,1-3H3,(H,32,33). The summed E-state index contributed by atoms with van der Waals surface area (Å²) in [5.41, 5.74) is 9.07. The van der Waals surface area contributed by atoms with Crippen molar-refractivity contribution in [3.63, 3.8) is 0 Å². The molecule has 1 aromatic heterocycles. The minimum absolute atomic E-state index is 0.103. The van der Waals surface area contributed by atoms with Gasteiger partial charge in [-0.3, -0.25) is 9.78 Å². The lowest BCUT2D eigenvalue weighted by molar-refractivity contribution is 0.0951. The van der Waals surface area contributed by atoms with Gasteiger partial charge in [0, 0.05) is 36.7 Å². The van der Waals surface area contributed by atoms with E-state index in [-0.39, 0.29) is 5.91 Å². The number of rotatable bonds is 7. The van der Waals surface area contributed by atoms with Crippen LogP contribution in [-0.2, 0) is 13.0 Å². The molecule has 0 unspecified atom stereocenters. The molecule has 1 amide bonds. The SMILES string of the molecule is CCc1ccc(-c2cc(C(=O)NCc3ccc(C)nc3)cc(-c3cccc(NC)c3)c2)cc1. The predicted molar refractivity (Wildman–Crippen MR) is 136 cm³/mol. The molecule has 166 valence electrons. The van der Waals surface area contributed by atoms with Crippen LogP contribution in [-0.4, -0.2) is 17.9 Å². The quantitative estimate of drug-likeness (QED) is 0.360. The first-order valence-corrected chi connectivity index (χ1v) is 11.3. The van der Waals surface area contributed by atoms with Gasteiger partial charge in [-0.2, -0.15) is 0 Å². The van der Waals surface area contributed by atoms with E-state index in [0.29, 0.717) is 12.1 Å². The van der Waals surface area contributed by atoms with E-state index in [1.54, 1.807) is 6.20 Å². The third-order valence-corrected chi connectivity index (χ3v) is 5.80. The van der Waals surface area contributed by atoms with Crippen LogP contribution in [0.1, 0.15) is 34.1 Å². The molecule has 0 atom stereocenters. The van der Waals surface area contributed by atoms with Gasteiger partial charge in [0.1, 0.15) is 0 Å². The number of hydrogen-bond donors (Lipinski definition) is 2. The van der Waals surface area contributed by atoms with Crippen LogP contribution in [0.25, 0.3) is 22.3 Å². The van der Waals surface area contributed by atoms with E-state index in [2.05, 4.69) is 65.0 Å². The highest BCUT2D eigenvalue weighted by atomic mass is 16.1. The van der Waals surface area contributed by atoms with Crippen molar-refractivity contribution in [1.29, 1.82) is 0 Å². The van der Waals surface area contributed by atoms with Crippen molar-refractivity contribution in [3.05, 3.63) is 107 Å². The van der Waals surface area contributed by atoms with Crippen LogP contribution in [0, 0.1) is 6.92 Å². The Labute approximate surface area is 195 Å². The lowest BCUT2D eigenvalue weighted by Gasteiger charge is -2.12. The van der Waals surface area contributed by atoms with Crippen LogP contribution in [0.2, 0.25) is 0 Å². The average Bonchev–Trinajstić information content (AvgIpc) is 2.88. The number of anilines is 1. The Hall–Kier alpha value is -3.92. The second kappa shape index (κ2) is 10.1. The summed E-state index contributed by atoms with van der Waals surface area (Å²) >= 11 is 0. The Morgan fingerprint density at radius 2 is 1.55 bits per heavy atom. The highest BCUT2D eigenvalue weighted by Crippen LogP contribution is 2.30. The molecule has 0 saturated carbocycles. The molecule has 3 aromatic carbocycles. The van der Waals surface area contributed by atoms with Crippen molar-refractivity contribution >= 4 is 11.6 Å². The number of nitrogens with zero attached hydrogens (tertiary/aromatic N) is 1. The molecule has 1 heterocycles. The van der Waals surface area contributed by atoms with Crippen LogP contribution in [0.3, 0.4) is 0 Å². The van der Waals surface area contributed by atoms with Gasteiger partial charge >= 0.3 is 0 Å². The molecule has 4 aromatic rings. The molecule has 0 saturated heterocycles. The van der Waals surface area contributed by atoms with Crippen molar-refractivity contribution < 1.29 is 4.79 Å². The summed E-state index contributed by atoms with van der Waals surface area (Å²) < 4.78 is 0. The largest absolute Gasteiger partial charge is 0.388 e. The molecule has 0 aliphatic heterocycles. The van der Waals surface area contributed by atoms with Gasteiger partial charge in [0.05, 0.1) is 0 Å². The number of aryl methyl sites for hydroxylation is 2. The van der Waals surface area contributed by atoms with Crippen molar-refractivity contribution in [3.8, 4) is 22.3 Å². The minimum atomic E-state index is -0.103. The molecule has 0 fully saturated rings. The van der Waals surface area contributed by atoms with Crippen LogP contribution in [0.4, 0.5) is 5.69 Å². The molecule has 0 aliphatic rings. The molecular weight excluding hydrogens is 406 g/mol. The summed E-state index contributed by atoms with van der Waals surface area (Å²) in [4.78, 5) is 17.4. The highest BCUT2D eigenvalue weighted by molar-refractivity contribution is 5.97. The van der Waals surface area contributed by atoms with E-state index in [1.807, 2.05) is 50.4 Å². The van der Waals surface area contributed by atoms with Crippen molar-refractivity contribution in [1.82, 2.24) is 10.3 Å². The fourth-order valence-corrected chi connectivity index (χ4v) is 3.77. The van der Waals surface area contributed by atoms with E-state index >= 15 is 0 Å². The van der Waals surface area contributed by atoms with Crippen LogP contribution >= 0.6 is 0 Å². The predicted octanol–water partition coefficient (Wildman–Crippen LogP) is 6.26. The molecule has 4 heteroatoms. The van der Waals surface area contributed by atoms with Crippen molar-refractivity contribution in [2.75, 3.05) is 12.4 Å². The van der Waals surface area contributed by atoms with E-state index in [4.69, 9.17) is 0 Å². The van der Waals surface area contributed by atoms with Crippen LogP contribution in [0.5, 0.6) is 0 Å². The number of carbonyl (C=O) groups excluding carboxylic acids is 1. The van der Waals surface area contributed by atoms with Crippen molar-refractivity contribution in [2.24, 2.45) is 0 Å². The lowest BCUT2D eigenvalue weighted by atomic mass is 9.95. The minimum Gasteiger partial charge on any atom is -0.388 e. The second-order valence-corrected chi connectivity index (χ2v) is 8.17. The maximum atomic E-state index is 13.1. The Morgan fingerprint density at radius 3 is 2.21 bits per heavy atom. The number of pyridine rings is 1. The van der Waals surface area contributed by atoms with Gasteiger partial charge in [-0.15, -0.1) is 0 Å². The van der Waals surface area contributed by atoms with Gasteiger partial charge in [-0.25, -0.2) is 0 Å². The molecule has 0 spiro atoms. The topological polar surface area (TPSA) is 54.0 Å². The number of amides is 1. The average molecular weight is 436 g/mol. The third kappa shape index (κ3) is 5.47. The maximum absolute atomic E-state index is 13.1. The molecule has 0 bridgehead atoms. The number of carbonyl (C=O) groups is 1. The van der Waals surface area contributed by atoms with Gasteiger partial charge in [-0.1, -0.05) is 49.4 Å². The van der Waals surface area contributed by atoms with Gasteiger partial charge in [0.25, 0.3) is 5.91 Å². The van der Waals surface area contributed by atoms with E-state index in [9.17, 15) is 4.79 Å². The number of hydrogen-bond acceptors (Lipinski definition) is 3. The smallest absolute Gasteiger partial charge is 0.251 e. The molecule has 4 rings (SSSR count). The second-order valence-electron chi connectivity index (χ2n) is 8.17. The fourth-order valence-electron chi connectivity index (χ4n) is 3.77. The molecule has 4 nitrogen and oxygen atoms in total. The summed E-state index contributed by atoms with van der Waals surface area (Å²) in [6.45, 7) is 4.54. The van der Waals surface area contributed by atoms with Gasteiger partial charge in [0.2, 0.25) is 0 Å². The van der Waals surface area contributed by atoms with E-state index < -0.39 is 0 Å². The van der Waals surface area contributed by atoms with Gasteiger partial charge in [0.15, 0.2) is 0 Å². The monoisotopic (exact) mass is 435 g/mol. The zero-order valence-corrected chi connectivity index (χ0v) is 19.4. The first-order valence-electron chi connectivity index (χ1n) is 11.3. The number of aromatic nitrogens is 1. The van der Waals surface area contributed by atoms with Crippen molar-refractivity contribution in [2.45, 2.75) is 26.8 Å². The van der Waals surface area contributed by atoms with E-state index in [0.717, 1.165) is 45.6 Å². The summed E-state index contributed by atoms with van der Waals surface area (Å²) in [6, 6.07) is 26.8. The zero-order valence-electron chi connectivity index (χ0n) is 19.4. The molecular formula is C29H29N3O. The zero-order chi connectivity index (χ0) is 23.2. The van der Waals surface area contributed by atoms with Gasteiger partial charge < -0.3 is 10.6 Å². The first-order chi connectivity index (χ1) is 16.1. The van der Waals surface area contributed by atoms with Crippen LogP contribution in [0.15, 0.2) is 85.1 Å². The molecule has 0 aliphatic carbocycles. The first kappa shape index (κ1) is 22.3. The third-order valence-electron chi connectivity index (χ3n) is 5.80. The summed E-state index contributed by atoms with van der Waals surface area (Å²) in [6.07, 6.45) is 2.80. The van der Waals surface area contributed by atoms with E-state index in [1.165, 1.54) is 5.56 Å². The number of nitrogens with one attached hydrogen (secondary N) is 2. The fraction of sp³-hybridized carbons (Fsp3) is 0.172. The normalized spacial score (nSPS) is 10.6. The number of benzene rings is 3. The Kier molecular flexibility index (Phi) is 6.84. The Bertz CT molecular complexity index is 1240. The Balaban J connectivity index is 1.69.